The highest BCUT2D eigenvalue weighted by molar-refractivity contribution is 5.73. The van der Waals surface area contributed by atoms with E-state index in [0.717, 1.165) is 15.8 Å². The number of aryl methyl sites for hydroxylation is 1. The summed E-state index contributed by atoms with van der Waals surface area (Å²) in [5, 5.41) is 12.0. The monoisotopic (exact) mass is 148 g/mol. The van der Waals surface area contributed by atoms with Crippen LogP contribution >= 0.6 is 0 Å². The fourth-order valence-corrected chi connectivity index (χ4v) is 1.21. The number of aromatic nitrogens is 2. The SMILES string of the molecule is Cc1cc2ccc[n+]([O-])c2[nH]1. The van der Waals surface area contributed by atoms with Crippen LogP contribution < -0.4 is 4.73 Å². The molecule has 0 fully saturated rings. The molecule has 0 saturated heterocycles. The van der Waals surface area contributed by atoms with Crippen molar-refractivity contribution in [2.75, 3.05) is 0 Å². The lowest BCUT2D eigenvalue weighted by molar-refractivity contribution is -0.579. The molecule has 2 aromatic heterocycles. The first-order valence-corrected chi connectivity index (χ1v) is 3.45. The molecule has 0 saturated carbocycles. The van der Waals surface area contributed by atoms with Gasteiger partial charge in [0.1, 0.15) is 0 Å². The van der Waals surface area contributed by atoms with Gasteiger partial charge in [-0.3, -0.25) is 0 Å². The maximum absolute atomic E-state index is 11.1. The van der Waals surface area contributed by atoms with Crippen molar-refractivity contribution >= 4 is 11.0 Å². The molecule has 2 aromatic rings. The molecule has 0 aliphatic rings. The van der Waals surface area contributed by atoms with Crippen molar-refractivity contribution in [2.45, 2.75) is 6.92 Å². The molecule has 11 heavy (non-hydrogen) atoms. The summed E-state index contributed by atoms with van der Waals surface area (Å²) in [7, 11) is 0. The van der Waals surface area contributed by atoms with E-state index in [1.807, 2.05) is 19.1 Å². The maximum Gasteiger partial charge on any atom is 0.289 e. The van der Waals surface area contributed by atoms with Crippen LogP contribution in [0.4, 0.5) is 0 Å². The maximum atomic E-state index is 11.1. The van der Waals surface area contributed by atoms with Gasteiger partial charge in [0, 0.05) is 0 Å². The Morgan fingerprint density at radius 1 is 1.55 bits per heavy atom. The Bertz CT molecular complexity index is 392. The van der Waals surface area contributed by atoms with Crippen LogP contribution in [0.1, 0.15) is 5.69 Å². The zero-order valence-corrected chi connectivity index (χ0v) is 6.16. The van der Waals surface area contributed by atoms with E-state index in [1.54, 1.807) is 6.07 Å². The van der Waals surface area contributed by atoms with Gasteiger partial charge in [0.25, 0.3) is 5.65 Å². The summed E-state index contributed by atoms with van der Waals surface area (Å²) in [6.45, 7) is 1.93. The normalized spacial score (nSPS) is 10.6. The van der Waals surface area contributed by atoms with E-state index in [2.05, 4.69) is 4.98 Å². The second-order valence-electron chi connectivity index (χ2n) is 2.59. The lowest BCUT2D eigenvalue weighted by atomic mass is 10.3. The van der Waals surface area contributed by atoms with Gasteiger partial charge in [-0.05, 0) is 25.1 Å². The van der Waals surface area contributed by atoms with E-state index >= 15 is 0 Å². The number of H-pyrrole nitrogens is 1. The Morgan fingerprint density at radius 2 is 2.36 bits per heavy atom. The molecule has 56 valence electrons. The lowest BCUT2D eigenvalue weighted by Crippen LogP contribution is -2.25. The van der Waals surface area contributed by atoms with E-state index in [4.69, 9.17) is 0 Å². The fourth-order valence-electron chi connectivity index (χ4n) is 1.21. The molecule has 1 N–H and O–H groups in total. The number of nitrogens with zero attached hydrogens (tertiary/aromatic N) is 1. The first kappa shape index (κ1) is 6.22. The van der Waals surface area contributed by atoms with Gasteiger partial charge in [0.05, 0.1) is 17.3 Å². The van der Waals surface area contributed by atoms with Gasteiger partial charge in [0.2, 0.25) is 0 Å². The summed E-state index contributed by atoms with van der Waals surface area (Å²) in [6, 6.07) is 5.60. The summed E-state index contributed by atoms with van der Waals surface area (Å²) in [4.78, 5) is 2.98. The van der Waals surface area contributed by atoms with Gasteiger partial charge < -0.3 is 5.21 Å². The van der Waals surface area contributed by atoms with Crippen LogP contribution in [0.25, 0.3) is 11.0 Å². The molecule has 0 aliphatic heterocycles. The van der Waals surface area contributed by atoms with Crippen LogP contribution in [0.2, 0.25) is 0 Å². The molecule has 0 aliphatic carbocycles. The van der Waals surface area contributed by atoms with E-state index < -0.39 is 0 Å². The first-order chi connectivity index (χ1) is 5.27. The molecule has 0 unspecified atom stereocenters. The Hall–Kier alpha value is -1.51. The highest BCUT2D eigenvalue weighted by Gasteiger charge is 2.03. The molecule has 0 aromatic carbocycles. The standard InChI is InChI=1S/C8H8N2O/c1-6-5-7-3-2-4-10(11)8(7)9-6/h2-5,9H,1H3. The summed E-state index contributed by atoms with van der Waals surface area (Å²) in [5.41, 5.74) is 1.64. The van der Waals surface area contributed by atoms with Crippen LogP contribution in [0.5, 0.6) is 0 Å². The largest absolute Gasteiger partial charge is 0.711 e. The molecule has 3 heteroatoms. The number of hydrogen-bond acceptors (Lipinski definition) is 1. The molecular weight excluding hydrogens is 140 g/mol. The predicted molar refractivity (Wildman–Crippen MR) is 42.0 cm³/mol. The van der Waals surface area contributed by atoms with Crippen molar-refractivity contribution in [3.63, 3.8) is 0 Å². The summed E-state index contributed by atoms with van der Waals surface area (Å²) >= 11 is 0. The smallest absolute Gasteiger partial charge is 0.289 e. The molecule has 2 rings (SSSR count). The Labute approximate surface area is 63.9 Å². The molecule has 0 bridgehead atoms. The summed E-state index contributed by atoms with van der Waals surface area (Å²) < 4.78 is 0.836. The van der Waals surface area contributed by atoms with Gasteiger partial charge in [-0.25, -0.2) is 9.71 Å². The zero-order chi connectivity index (χ0) is 7.84. The average molecular weight is 148 g/mol. The highest BCUT2D eigenvalue weighted by atomic mass is 16.5. The van der Waals surface area contributed by atoms with E-state index in [1.165, 1.54) is 6.20 Å². The number of hydrogen-bond donors (Lipinski definition) is 1. The molecular formula is C8H8N2O. The third kappa shape index (κ3) is 0.852. The molecule has 3 nitrogen and oxygen atoms in total. The third-order valence-electron chi connectivity index (χ3n) is 1.68. The van der Waals surface area contributed by atoms with Gasteiger partial charge in [0.15, 0.2) is 0 Å². The van der Waals surface area contributed by atoms with E-state index in [0.29, 0.717) is 5.65 Å². The van der Waals surface area contributed by atoms with Gasteiger partial charge in [-0.1, -0.05) is 0 Å². The van der Waals surface area contributed by atoms with E-state index in [9.17, 15) is 5.21 Å². The van der Waals surface area contributed by atoms with Crippen molar-refractivity contribution in [1.82, 2.24) is 4.98 Å². The van der Waals surface area contributed by atoms with Crippen molar-refractivity contribution in [3.8, 4) is 0 Å². The first-order valence-electron chi connectivity index (χ1n) is 3.45. The Kier molecular flexibility index (Phi) is 1.12. The van der Waals surface area contributed by atoms with Crippen LogP contribution in [-0.2, 0) is 0 Å². The number of nitrogens with one attached hydrogen (secondary N) is 1. The van der Waals surface area contributed by atoms with Crippen LogP contribution in [0.15, 0.2) is 24.4 Å². The number of pyridine rings is 1. The van der Waals surface area contributed by atoms with Crippen molar-refractivity contribution in [3.05, 3.63) is 35.3 Å². The minimum Gasteiger partial charge on any atom is -0.711 e. The zero-order valence-electron chi connectivity index (χ0n) is 6.16. The van der Waals surface area contributed by atoms with Gasteiger partial charge in [-0.15, -0.1) is 0 Å². The van der Waals surface area contributed by atoms with Crippen LogP contribution in [0.3, 0.4) is 0 Å². The predicted octanol–water partition coefficient (Wildman–Crippen LogP) is 1.11. The van der Waals surface area contributed by atoms with Crippen molar-refractivity contribution < 1.29 is 4.73 Å². The Morgan fingerprint density at radius 3 is 3.09 bits per heavy atom. The van der Waals surface area contributed by atoms with Crippen molar-refractivity contribution in [1.29, 1.82) is 0 Å². The number of fused-ring (bicyclic) bond motifs is 1. The second kappa shape index (κ2) is 1.99. The molecule has 2 heterocycles. The van der Waals surface area contributed by atoms with Crippen LogP contribution in [-0.4, -0.2) is 4.98 Å². The molecule has 0 spiro atoms. The van der Waals surface area contributed by atoms with Crippen LogP contribution in [0, 0.1) is 12.1 Å². The lowest BCUT2D eigenvalue weighted by Gasteiger charge is -1.99. The van der Waals surface area contributed by atoms with Gasteiger partial charge >= 0.3 is 0 Å². The van der Waals surface area contributed by atoms with E-state index in [-0.39, 0.29) is 0 Å². The highest BCUT2D eigenvalue weighted by Crippen LogP contribution is 2.09. The third-order valence-corrected chi connectivity index (χ3v) is 1.68. The minimum absolute atomic E-state index is 0.630. The average Bonchev–Trinajstić information content (AvgIpc) is 2.31. The number of rotatable bonds is 0. The van der Waals surface area contributed by atoms with Crippen molar-refractivity contribution in [2.24, 2.45) is 0 Å². The fraction of sp³-hybridized carbons (Fsp3) is 0.125. The topological polar surface area (TPSA) is 42.7 Å². The summed E-state index contributed by atoms with van der Waals surface area (Å²) in [5.74, 6) is 0. The molecule has 0 radical (unpaired) electrons. The van der Waals surface area contributed by atoms with Gasteiger partial charge in [-0.2, -0.15) is 0 Å². The Balaban J connectivity index is 2.90. The molecule has 0 amide bonds. The number of aromatic amines is 1. The second-order valence-corrected chi connectivity index (χ2v) is 2.59. The summed E-state index contributed by atoms with van der Waals surface area (Å²) in [6.07, 6.45) is 1.48. The molecule has 0 atom stereocenters. The quantitative estimate of drug-likeness (QED) is 0.441. The minimum atomic E-state index is 0.630.